The standard InChI is InChI=1S/C18H19ClN4OS2/c1-17(2)16(20)23-18(3,10-26(17,5)24)15-13(19)7-14(25-15)11-6-12(21-4)9-22-8-11/h6-9H,5,10H2,1-3H3,(H2,20,23)/t18-,26?/m0/s1. The van der Waals surface area contributed by atoms with Gasteiger partial charge in [0.2, 0.25) is 5.69 Å². The van der Waals surface area contributed by atoms with Crippen LogP contribution in [0.2, 0.25) is 5.02 Å². The van der Waals surface area contributed by atoms with Crippen LogP contribution in [0.5, 0.6) is 0 Å². The van der Waals surface area contributed by atoms with Crippen molar-refractivity contribution in [2.45, 2.75) is 31.1 Å². The Morgan fingerprint density at radius 2 is 2.08 bits per heavy atom. The van der Waals surface area contributed by atoms with Gasteiger partial charge in [-0.05, 0) is 53.9 Å². The second kappa shape index (κ2) is 6.08. The maximum absolute atomic E-state index is 13.2. The van der Waals surface area contributed by atoms with Gasteiger partial charge in [-0.3, -0.25) is 14.2 Å². The molecule has 0 saturated heterocycles. The summed E-state index contributed by atoms with van der Waals surface area (Å²) < 4.78 is 12.4. The van der Waals surface area contributed by atoms with E-state index >= 15 is 0 Å². The van der Waals surface area contributed by atoms with E-state index in [0.29, 0.717) is 16.5 Å². The summed E-state index contributed by atoms with van der Waals surface area (Å²) in [4.78, 5) is 13.8. The van der Waals surface area contributed by atoms with Crippen LogP contribution in [-0.2, 0) is 15.1 Å². The third-order valence-corrected chi connectivity index (χ3v) is 9.69. The maximum atomic E-state index is 13.2. The summed E-state index contributed by atoms with van der Waals surface area (Å²) in [7, 11) is -2.51. The highest BCUT2D eigenvalue weighted by Crippen LogP contribution is 2.45. The van der Waals surface area contributed by atoms with E-state index < -0.39 is 19.8 Å². The number of amidine groups is 1. The highest BCUT2D eigenvalue weighted by molar-refractivity contribution is 8.02. The molecular formula is C18H19ClN4OS2. The second-order valence-electron chi connectivity index (χ2n) is 7.07. The molecule has 1 aliphatic heterocycles. The molecule has 2 atom stereocenters. The van der Waals surface area contributed by atoms with Gasteiger partial charge in [0.1, 0.15) is 11.4 Å². The lowest BCUT2D eigenvalue weighted by atomic mass is 10.0. The number of nitrogens with zero attached hydrogens (tertiary/aromatic N) is 3. The van der Waals surface area contributed by atoms with Gasteiger partial charge in [-0.2, -0.15) is 0 Å². The number of rotatable bonds is 2. The number of hydrogen-bond donors (Lipinski definition) is 1. The zero-order chi connectivity index (χ0) is 19.3. The molecule has 2 aromatic heterocycles. The van der Waals surface area contributed by atoms with E-state index in [1.165, 1.54) is 17.5 Å². The van der Waals surface area contributed by atoms with Gasteiger partial charge < -0.3 is 5.73 Å². The zero-order valence-corrected chi connectivity index (χ0v) is 17.1. The summed E-state index contributed by atoms with van der Waals surface area (Å²) in [6.45, 7) is 12.6. The molecule has 1 unspecified atom stereocenters. The van der Waals surface area contributed by atoms with Crippen molar-refractivity contribution >= 4 is 49.9 Å². The predicted octanol–water partition coefficient (Wildman–Crippen LogP) is 4.10. The molecule has 136 valence electrons. The number of aromatic nitrogens is 1. The first kappa shape index (κ1) is 18.9. The third kappa shape index (κ3) is 2.92. The summed E-state index contributed by atoms with van der Waals surface area (Å²) in [6.07, 6.45) is 3.20. The van der Waals surface area contributed by atoms with E-state index in [-0.39, 0.29) is 5.75 Å². The molecule has 5 nitrogen and oxygen atoms in total. The van der Waals surface area contributed by atoms with Gasteiger partial charge in [-0.25, -0.2) is 4.85 Å². The van der Waals surface area contributed by atoms with Crippen molar-refractivity contribution < 1.29 is 4.21 Å². The molecular weight excluding hydrogens is 388 g/mol. The number of nitrogens with two attached hydrogens (primary N) is 1. The van der Waals surface area contributed by atoms with Crippen LogP contribution < -0.4 is 5.73 Å². The van der Waals surface area contributed by atoms with Crippen molar-refractivity contribution in [2.75, 3.05) is 5.75 Å². The minimum Gasteiger partial charge on any atom is -0.386 e. The largest absolute Gasteiger partial charge is 0.386 e. The molecule has 0 radical (unpaired) electrons. The SMILES string of the molecule is [C-]#[N+]c1cncc(-c2cc(Cl)c([C@]3(C)CS(=C)(=O)C(C)(C)C(N)=N3)s2)c1. The summed E-state index contributed by atoms with van der Waals surface area (Å²) in [6, 6.07) is 3.59. The summed E-state index contributed by atoms with van der Waals surface area (Å²) in [5.74, 6) is 4.56. The van der Waals surface area contributed by atoms with Crippen LogP contribution in [0.15, 0.2) is 29.5 Å². The Kier molecular flexibility index (Phi) is 4.42. The van der Waals surface area contributed by atoms with E-state index in [1.54, 1.807) is 12.3 Å². The highest BCUT2D eigenvalue weighted by Gasteiger charge is 2.46. The van der Waals surface area contributed by atoms with Crippen molar-refractivity contribution in [3.63, 3.8) is 0 Å². The minimum absolute atomic E-state index is 0.272. The molecule has 26 heavy (non-hydrogen) atoms. The first-order valence-corrected chi connectivity index (χ1v) is 10.9. The van der Waals surface area contributed by atoms with Crippen molar-refractivity contribution in [1.82, 2.24) is 4.98 Å². The van der Waals surface area contributed by atoms with Gasteiger partial charge in [0, 0.05) is 23.0 Å². The molecule has 0 fully saturated rings. The third-order valence-electron chi connectivity index (χ3n) is 4.74. The minimum atomic E-state index is -2.51. The van der Waals surface area contributed by atoms with Crippen LogP contribution in [0.4, 0.5) is 5.69 Å². The van der Waals surface area contributed by atoms with Gasteiger partial charge >= 0.3 is 0 Å². The first-order chi connectivity index (χ1) is 12.0. The predicted molar refractivity (Wildman–Crippen MR) is 112 cm³/mol. The van der Waals surface area contributed by atoms with Gasteiger partial charge in [-0.15, -0.1) is 11.3 Å². The topological polar surface area (TPSA) is 72.7 Å². The van der Waals surface area contributed by atoms with E-state index in [0.717, 1.165) is 15.3 Å². The fraction of sp³-hybridized carbons (Fsp3) is 0.333. The van der Waals surface area contributed by atoms with Crippen LogP contribution in [0.3, 0.4) is 0 Å². The lowest BCUT2D eigenvalue weighted by molar-refractivity contribution is 0.543. The van der Waals surface area contributed by atoms with Crippen LogP contribution >= 0.6 is 22.9 Å². The van der Waals surface area contributed by atoms with E-state index in [9.17, 15) is 4.21 Å². The fourth-order valence-electron chi connectivity index (χ4n) is 2.88. The maximum Gasteiger partial charge on any atom is 0.205 e. The Hall–Kier alpha value is -1.88. The lowest BCUT2D eigenvalue weighted by Crippen LogP contribution is -2.54. The Morgan fingerprint density at radius 1 is 1.38 bits per heavy atom. The van der Waals surface area contributed by atoms with E-state index in [2.05, 4.69) is 20.7 Å². The Morgan fingerprint density at radius 3 is 2.69 bits per heavy atom. The second-order valence-corrected chi connectivity index (χ2v) is 11.5. The first-order valence-electron chi connectivity index (χ1n) is 7.83. The number of thiophene rings is 1. The number of pyridine rings is 1. The van der Waals surface area contributed by atoms with E-state index in [1.807, 2.05) is 26.8 Å². The normalized spacial score (nSPS) is 27.6. The Balaban J connectivity index is 2.13. The van der Waals surface area contributed by atoms with Gasteiger partial charge in [0.25, 0.3) is 0 Å². The monoisotopic (exact) mass is 406 g/mol. The molecule has 0 aliphatic carbocycles. The highest BCUT2D eigenvalue weighted by atomic mass is 35.5. The Bertz CT molecular complexity index is 1060. The molecule has 0 amide bonds. The molecule has 0 bridgehead atoms. The van der Waals surface area contributed by atoms with Gasteiger partial charge in [0.05, 0.1) is 21.2 Å². The molecule has 2 N–H and O–H groups in total. The quantitative estimate of drug-likeness (QED) is 0.602. The fourth-order valence-corrected chi connectivity index (χ4v) is 6.49. The van der Waals surface area contributed by atoms with Crippen LogP contribution in [0, 0.1) is 6.57 Å². The smallest absolute Gasteiger partial charge is 0.205 e. The summed E-state index contributed by atoms with van der Waals surface area (Å²) in [5, 5.41) is 0.534. The van der Waals surface area contributed by atoms with Crippen molar-refractivity contribution in [2.24, 2.45) is 10.7 Å². The molecule has 1 aliphatic rings. The average Bonchev–Trinajstić information content (AvgIpc) is 2.95. The van der Waals surface area contributed by atoms with Gasteiger partial charge in [-0.1, -0.05) is 11.6 Å². The number of halogens is 1. The van der Waals surface area contributed by atoms with Crippen LogP contribution in [0.1, 0.15) is 25.6 Å². The van der Waals surface area contributed by atoms with Crippen LogP contribution in [0.25, 0.3) is 15.3 Å². The molecule has 2 aromatic rings. The lowest BCUT2D eigenvalue weighted by Gasteiger charge is -2.40. The summed E-state index contributed by atoms with van der Waals surface area (Å²) >= 11 is 7.96. The molecule has 8 heteroatoms. The van der Waals surface area contributed by atoms with Crippen molar-refractivity contribution in [3.8, 4) is 10.4 Å². The average molecular weight is 407 g/mol. The van der Waals surface area contributed by atoms with Crippen LogP contribution in [-0.4, -0.2) is 31.4 Å². The molecule has 3 rings (SSSR count). The number of aliphatic imine (C=N–C) groups is 1. The molecule has 0 aromatic carbocycles. The zero-order valence-electron chi connectivity index (χ0n) is 14.7. The molecule has 0 spiro atoms. The van der Waals surface area contributed by atoms with Crippen molar-refractivity contribution in [3.05, 3.63) is 45.8 Å². The van der Waals surface area contributed by atoms with E-state index in [4.69, 9.17) is 23.9 Å². The van der Waals surface area contributed by atoms with Crippen molar-refractivity contribution in [1.29, 1.82) is 0 Å². The van der Waals surface area contributed by atoms with Gasteiger partial charge in [0.15, 0.2) is 0 Å². The summed E-state index contributed by atoms with van der Waals surface area (Å²) in [5.41, 5.74) is 6.62. The molecule has 0 saturated carbocycles. The molecule has 3 heterocycles. The Labute approximate surface area is 162 Å². The number of hydrogen-bond acceptors (Lipinski definition) is 5.